The van der Waals surface area contributed by atoms with E-state index in [0.29, 0.717) is 73.0 Å². The molecule has 1 unspecified atom stereocenters. The Morgan fingerprint density at radius 3 is 1.32 bits per heavy atom. The summed E-state index contributed by atoms with van der Waals surface area (Å²) in [7, 11) is 0. The smallest absolute Gasteiger partial charge is 0.336 e. The van der Waals surface area contributed by atoms with Crippen LogP contribution in [-0.4, -0.2) is 106 Å². The number of aromatic nitrogens is 3. The summed E-state index contributed by atoms with van der Waals surface area (Å²) in [4.78, 5) is 68.1. The SMILES string of the molecule is O=C1N(CCCS)C(=O)N(CCCSCCCn2c(=O)n(CCCS)c(=O)n(CCCS)c2=O)C(O)N1CCCS. The number of imide groups is 1. The molecule has 12 nitrogen and oxygen atoms in total. The molecule has 1 fully saturated rings. The first-order chi connectivity index (χ1) is 19.7. The van der Waals surface area contributed by atoms with Crippen LogP contribution in [0.1, 0.15) is 38.5 Å². The van der Waals surface area contributed by atoms with E-state index in [1.165, 1.54) is 9.80 Å². The minimum Gasteiger partial charge on any atom is -0.356 e. The van der Waals surface area contributed by atoms with Crippen LogP contribution in [0.3, 0.4) is 0 Å². The van der Waals surface area contributed by atoms with E-state index in [0.717, 1.165) is 18.6 Å². The molecule has 41 heavy (non-hydrogen) atoms. The Morgan fingerprint density at radius 2 is 0.878 bits per heavy atom. The molecule has 1 aromatic heterocycles. The second-order valence-electron chi connectivity index (χ2n) is 9.38. The molecule has 2 rings (SSSR count). The van der Waals surface area contributed by atoms with Gasteiger partial charge in [0.2, 0.25) is 6.35 Å². The molecule has 2 heterocycles. The van der Waals surface area contributed by atoms with E-state index in [-0.39, 0.29) is 39.3 Å². The maximum absolute atomic E-state index is 13.0. The van der Waals surface area contributed by atoms with E-state index in [1.807, 2.05) is 0 Å². The molecule has 1 aliphatic heterocycles. The van der Waals surface area contributed by atoms with Crippen LogP contribution in [0.15, 0.2) is 14.4 Å². The number of thiol groups is 4. The van der Waals surface area contributed by atoms with E-state index >= 15 is 0 Å². The van der Waals surface area contributed by atoms with Crippen LogP contribution in [-0.2, 0) is 19.6 Å². The van der Waals surface area contributed by atoms with Crippen LogP contribution in [0.4, 0.5) is 9.59 Å². The predicted molar refractivity (Wildman–Crippen MR) is 177 cm³/mol. The van der Waals surface area contributed by atoms with Gasteiger partial charge in [-0.05, 0) is 73.0 Å². The van der Waals surface area contributed by atoms with Gasteiger partial charge in [0.05, 0.1) is 0 Å². The molecule has 17 heteroatoms. The zero-order chi connectivity index (χ0) is 30.4. The Balaban J connectivity index is 1.96. The maximum atomic E-state index is 13.0. The van der Waals surface area contributed by atoms with Gasteiger partial charge in [0.25, 0.3) is 0 Å². The van der Waals surface area contributed by atoms with E-state index in [2.05, 4.69) is 50.5 Å². The molecule has 1 aliphatic rings. The first-order valence-corrected chi connectivity index (χ1v) is 17.5. The summed E-state index contributed by atoms with van der Waals surface area (Å²) < 4.78 is 3.33. The fourth-order valence-corrected chi connectivity index (χ4v) is 5.76. The molecule has 1 atom stereocenters. The van der Waals surface area contributed by atoms with Crippen molar-refractivity contribution >= 4 is 74.3 Å². The van der Waals surface area contributed by atoms with E-state index < -0.39 is 35.5 Å². The topological polar surface area (TPSA) is 130 Å². The van der Waals surface area contributed by atoms with Crippen molar-refractivity contribution in [1.82, 2.24) is 28.4 Å². The average Bonchev–Trinajstić information content (AvgIpc) is 2.95. The lowest BCUT2D eigenvalue weighted by Gasteiger charge is -2.44. The fraction of sp³-hybridized carbons (Fsp3) is 0.792. The van der Waals surface area contributed by atoms with Gasteiger partial charge in [-0.25, -0.2) is 42.6 Å². The Morgan fingerprint density at radius 1 is 0.537 bits per heavy atom. The van der Waals surface area contributed by atoms with Crippen molar-refractivity contribution in [2.75, 3.05) is 54.2 Å². The van der Waals surface area contributed by atoms with Crippen LogP contribution < -0.4 is 17.1 Å². The number of nitrogens with zero attached hydrogens (tertiary/aromatic N) is 6. The minimum absolute atomic E-state index is 0.179. The molecule has 0 bridgehead atoms. The van der Waals surface area contributed by atoms with Crippen molar-refractivity contribution in [2.45, 2.75) is 64.5 Å². The Labute approximate surface area is 266 Å². The first-order valence-electron chi connectivity index (χ1n) is 13.8. The number of thioether (sulfide) groups is 1. The van der Waals surface area contributed by atoms with E-state index in [4.69, 9.17) is 0 Å². The summed E-state index contributed by atoms with van der Waals surface area (Å²) in [6.07, 6.45) is 1.97. The lowest BCUT2D eigenvalue weighted by molar-refractivity contribution is -0.0924. The number of carbonyl (C=O) groups is 2. The van der Waals surface area contributed by atoms with Crippen molar-refractivity contribution in [3.05, 3.63) is 31.5 Å². The lowest BCUT2D eigenvalue weighted by Crippen LogP contribution is -2.66. The largest absolute Gasteiger partial charge is 0.356 e. The van der Waals surface area contributed by atoms with Gasteiger partial charge >= 0.3 is 29.1 Å². The minimum atomic E-state index is -1.33. The van der Waals surface area contributed by atoms with Gasteiger partial charge in [-0.2, -0.15) is 62.3 Å². The van der Waals surface area contributed by atoms with Gasteiger partial charge in [-0.15, -0.1) is 0 Å². The van der Waals surface area contributed by atoms with Gasteiger partial charge in [0, 0.05) is 39.3 Å². The number of hydrogen-bond donors (Lipinski definition) is 5. The van der Waals surface area contributed by atoms with Crippen LogP contribution in [0.5, 0.6) is 0 Å². The summed E-state index contributed by atoms with van der Waals surface area (Å²) >= 11 is 18.3. The molecular formula is C24H42N6O6S5. The van der Waals surface area contributed by atoms with Crippen molar-refractivity contribution < 1.29 is 14.7 Å². The lowest BCUT2D eigenvalue weighted by atomic mass is 10.3. The van der Waals surface area contributed by atoms with Crippen molar-refractivity contribution in [1.29, 1.82) is 0 Å². The van der Waals surface area contributed by atoms with Crippen LogP contribution >= 0.6 is 62.3 Å². The first kappa shape index (κ1) is 36.1. The molecule has 0 aromatic carbocycles. The third kappa shape index (κ3) is 9.95. The molecular weight excluding hydrogens is 629 g/mol. The molecule has 4 amide bonds. The average molecular weight is 671 g/mol. The molecule has 0 aliphatic carbocycles. The summed E-state index contributed by atoms with van der Waals surface area (Å²) in [5, 5.41) is 10.8. The van der Waals surface area contributed by atoms with Crippen molar-refractivity contribution in [3.63, 3.8) is 0 Å². The number of amides is 4. The maximum Gasteiger partial charge on any atom is 0.336 e. The summed E-state index contributed by atoms with van der Waals surface area (Å²) in [6, 6.07) is -1.02. The summed E-state index contributed by atoms with van der Waals surface area (Å²) in [6.45, 7) is 1.35. The zero-order valence-corrected chi connectivity index (χ0v) is 27.6. The molecule has 0 saturated carbocycles. The normalized spacial score (nSPS) is 15.8. The highest BCUT2D eigenvalue weighted by Gasteiger charge is 2.42. The number of rotatable bonds is 20. The number of urea groups is 2. The molecule has 1 aromatic rings. The quantitative estimate of drug-likeness (QED) is 0.105. The van der Waals surface area contributed by atoms with Gasteiger partial charge in [0.15, 0.2) is 0 Å². The highest BCUT2D eigenvalue weighted by Crippen LogP contribution is 2.20. The standard InChI is InChI=1S/C24H42N6O6S5/c31-19-25(7-1-13-37)21(33)29(22(34)26(19)8-2-14-38)11-5-17-41-18-6-12-30-23(35)27(9-3-15-39)20(32)28(24(30)36)10-4-16-40/h21,33,37-40H,1-18H2. The highest BCUT2D eigenvalue weighted by atomic mass is 32.2. The van der Waals surface area contributed by atoms with E-state index in [1.54, 1.807) is 11.8 Å². The van der Waals surface area contributed by atoms with Crippen molar-refractivity contribution in [3.8, 4) is 0 Å². The zero-order valence-electron chi connectivity index (χ0n) is 23.2. The molecule has 0 radical (unpaired) electrons. The molecule has 1 saturated heterocycles. The van der Waals surface area contributed by atoms with Crippen molar-refractivity contribution in [2.24, 2.45) is 0 Å². The Bertz CT molecular complexity index is 1120. The highest BCUT2D eigenvalue weighted by molar-refractivity contribution is 7.99. The third-order valence-electron chi connectivity index (χ3n) is 6.43. The van der Waals surface area contributed by atoms with Gasteiger partial charge in [-0.3, -0.25) is 9.80 Å². The van der Waals surface area contributed by atoms with Crippen LogP contribution in [0.25, 0.3) is 0 Å². The van der Waals surface area contributed by atoms with Crippen LogP contribution in [0.2, 0.25) is 0 Å². The molecule has 1 N–H and O–H groups in total. The second kappa shape index (κ2) is 19.2. The molecule has 0 spiro atoms. The Kier molecular flexibility index (Phi) is 16.9. The number of carbonyl (C=O) groups excluding carboxylic acids is 2. The number of aliphatic hydroxyl groups excluding tert-OH is 1. The number of hydrogen-bond acceptors (Lipinski definition) is 11. The van der Waals surface area contributed by atoms with E-state index in [9.17, 15) is 29.1 Å². The predicted octanol–water partition coefficient (Wildman–Crippen LogP) is 1.40. The summed E-state index contributed by atoms with van der Waals surface area (Å²) in [5.74, 6) is 3.41. The number of aliphatic hydroxyl groups is 1. The van der Waals surface area contributed by atoms with Gasteiger partial charge in [-0.1, -0.05) is 0 Å². The monoisotopic (exact) mass is 670 g/mol. The molecule has 234 valence electrons. The van der Waals surface area contributed by atoms with Crippen LogP contribution in [0, 0.1) is 0 Å². The van der Waals surface area contributed by atoms with Gasteiger partial charge in [0.1, 0.15) is 0 Å². The Hall–Kier alpha value is -1.14. The fourth-order valence-electron chi connectivity index (χ4n) is 4.32. The second-order valence-corrected chi connectivity index (χ2v) is 12.4. The van der Waals surface area contributed by atoms with Gasteiger partial charge < -0.3 is 5.11 Å². The summed E-state index contributed by atoms with van der Waals surface area (Å²) in [5.41, 5.74) is -1.81. The third-order valence-corrected chi connectivity index (χ3v) is 8.85.